The second kappa shape index (κ2) is 7.14. The molecular formula is C15H14O3. The van der Waals surface area contributed by atoms with Crippen LogP contribution in [-0.2, 0) is 4.79 Å². The number of hydrogen-bond donors (Lipinski definition) is 1. The number of rotatable bonds is 3. The summed E-state index contributed by atoms with van der Waals surface area (Å²) >= 11 is 0. The van der Waals surface area contributed by atoms with Gasteiger partial charge < -0.3 is 9.90 Å². The van der Waals surface area contributed by atoms with Crippen LogP contribution < -0.4 is 0 Å². The molecule has 0 heterocycles. The monoisotopic (exact) mass is 242 g/mol. The van der Waals surface area contributed by atoms with E-state index in [9.17, 15) is 9.90 Å². The quantitative estimate of drug-likeness (QED) is 0.841. The molecular weight excluding hydrogens is 228 g/mol. The molecule has 0 spiro atoms. The Morgan fingerprint density at radius 1 is 0.889 bits per heavy atom. The Balaban J connectivity index is 0.000000771. The van der Waals surface area contributed by atoms with Crippen molar-refractivity contribution in [2.75, 3.05) is 0 Å². The molecule has 0 fully saturated rings. The number of carbonyl (C=O) groups excluding carboxylic acids is 2. The highest BCUT2D eigenvalue weighted by atomic mass is 16.3. The lowest BCUT2D eigenvalue weighted by atomic mass is 10.0. The van der Waals surface area contributed by atoms with Crippen molar-refractivity contribution in [3.63, 3.8) is 0 Å². The third kappa shape index (κ3) is 3.37. The first-order valence-corrected chi connectivity index (χ1v) is 5.40. The summed E-state index contributed by atoms with van der Waals surface area (Å²) in [6.45, 7) is 2.00. The fraction of sp³-hybridized carbons (Fsp3) is 0.0667. The molecule has 2 aromatic rings. The van der Waals surface area contributed by atoms with E-state index in [1.807, 2.05) is 18.9 Å². The van der Waals surface area contributed by atoms with Gasteiger partial charge in [0.25, 0.3) is 0 Å². The topological polar surface area (TPSA) is 54.4 Å². The molecule has 0 saturated carbocycles. The Morgan fingerprint density at radius 3 is 1.83 bits per heavy atom. The second-order valence-electron chi connectivity index (χ2n) is 3.54. The molecule has 0 saturated heterocycles. The average molecular weight is 242 g/mol. The summed E-state index contributed by atoms with van der Waals surface area (Å²) in [5.74, 6) is -0.271. The van der Waals surface area contributed by atoms with Crippen LogP contribution >= 0.6 is 0 Å². The van der Waals surface area contributed by atoms with Gasteiger partial charge in [-0.3, -0.25) is 4.79 Å². The lowest BCUT2D eigenvalue weighted by Crippen LogP contribution is -2.11. The zero-order valence-corrected chi connectivity index (χ0v) is 9.82. The minimum atomic E-state index is -1.08. The summed E-state index contributed by atoms with van der Waals surface area (Å²) in [7, 11) is 0. The fourth-order valence-electron chi connectivity index (χ4n) is 1.55. The normalized spacial score (nSPS) is 10.9. The van der Waals surface area contributed by atoms with E-state index in [0.29, 0.717) is 11.1 Å². The van der Waals surface area contributed by atoms with E-state index in [-0.39, 0.29) is 5.78 Å². The van der Waals surface area contributed by atoms with Gasteiger partial charge in [-0.2, -0.15) is 0 Å². The maximum atomic E-state index is 11.9. The van der Waals surface area contributed by atoms with Gasteiger partial charge in [0.2, 0.25) is 0 Å². The molecule has 1 unspecified atom stereocenters. The van der Waals surface area contributed by atoms with E-state index in [2.05, 4.69) is 0 Å². The minimum absolute atomic E-state index is 0.271. The number of hydrogen-bond acceptors (Lipinski definition) is 3. The van der Waals surface area contributed by atoms with Crippen LogP contribution in [-0.4, -0.2) is 17.7 Å². The van der Waals surface area contributed by atoms with Crippen LogP contribution in [0.25, 0.3) is 0 Å². The number of aliphatic hydroxyl groups excluding tert-OH is 1. The van der Waals surface area contributed by atoms with Gasteiger partial charge in [0.15, 0.2) is 5.78 Å². The van der Waals surface area contributed by atoms with Gasteiger partial charge in [-0.15, -0.1) is 0 Å². The molecule has 1 atom stereocenters. The van der Waals surface area contributed by atoms with Crippen LogP contribution in [0.4, 0.5) is 0 Å². The number of ketones is 1. The molecule has 92 valence electrons. The first-order valence-electron chi connectivity index (χ1n) is 5.40. The Morgan fingerprint density at radius 2 is 1.33 bits per heavy atom. The fourth-order valence-corrected chi connectivity index (χ4v) is 1.55. The van der Waals surface area contributed by atoms with Gasteiger partial charge >= 0.3 is 0 Å². The van der Waals surface area contributed by atoms with Crippen molar-refractivity contribution in [2.45, 2.75) is 6.10 Å². The van der Waals surface area contributed by atoms with Crippen molar-refractivity contribution in [2.24, 2.45) is 0 Å². The van der Waals surface area contributed by atoms with Crippen LogP contribution in [0.5, 0.6) is 0 Å². The van der Waals surface area contributed by atoms with Crippen molar-refractivity contribution < 1.29 is 14.7 Å². The molecule has 18 heavy (non-hydrogen) atoms. The molecule has 1 N–H and O–H groups in total. The number of benzene rings is 2. The third-order valence-electron chi connectivity index (χ3n) is 2.42. The number of carbonyl (C=O) groups is 2. The molecule has 0 aliphatic carbocycles. The van der Waals surface area contributed by atoms with E-state index in [1.54, 1.807) is 48.5 Å². The van der Waals surface area contributed by atoms with Crippen LogP contribution in [0.1, 0.15) is 22.0 Å². The summed E-state index contributed by atoms with van der Waals surface area (Å²) in [5.41, 5.74) is 1.15. The van der Waals surface area contributed by atoms with Crippen LogP contribution in [0.3, 0.4) is 0 Å². The van der Waals surface area contributed by atoms with Gasteiger partial charge in [-0.05, 0) is 5.56 Å². The summed E-state index contributed by atoms with van der Waals surface area (Å²) in [6, 6.07) is 17.7. The highest BCUT2D eigenvalue weighted by Crippen LogP contribution is 2.17. The van der Waals surface area contributed by atoms with E-state index in [0.717, 1.165) is 0 Å². The zero-order chi connectivity index (χ0) is 13.4. The first-order chi connectivity index (χ1) is 8.79. The van der Waals surface area contributed by atoms with E-state index in [4.69, 9.17) is 4.79 Å². The molecule has 3 heteroatoms. The molecule has 0 amide bonds. The first kappa shape index (κ1) is 13.8. The summed E-state index contributed by atoms with van der Waals surface area (Å²) in [4.78, 5) is 19.9. The molecule has 3 nitrogen and oxygen atoms in total. The number of aliphatic hydroxyl groups is 1. The van der Waals surface area contributed by atoms with E-state index >= 15 is 0 Å². The lowest BCUT2D eigenvalue weighted by molar-refractivity contribution is -0.0979. The van der Waals surface area contributed by atoms with Gasteiger partial charge in [0, 0.05) is 5.56 Å². The van der Waals surface area contributed by atoms with Crippen LogP contribution in [0, 0.1) is 0 Å². The second-order valence-corrected chi connectivity index (χ2v) is 3.54. The Kier molecular flexibility index (Phi) is 5.48. The standard InChI is InChI=1S/C14H12O2.CH2O/c15-13(11-7-3-1-4-8-11)14(16)12-9-5-2-6-10-12;1-2/h1-10,13,15H;1H2. The van der Waals surface area contributed by atoms with Crippen molar-refractivity contribution in [1.82, 2.24) is 0 Å². The highest BCUT2D eigenvalue weighted by Gasteiger charge is 2.18. The minimum Gasteiger partial charge on any atom is -0.380 e. The lowest BCUT2D eigenvalue weighted by Gasteiger charge is -2.09. The predicted molar refractivity (Wildman–Crippen MR) is 69.3 cm³/mol. The SMILES string of the molecule is C=O.O=C(c1ccccc1)C(O)c1ccccc1. The molecule has 0 aliphatic heterocycles. The van der Waals surface area contributed by atoms with Gasteiger partial charge in [0.1, 0.15) is 12.9 Å². The Bertz CT molecular complexity index is 480. The number of Topliss-reactive ketones (excluding diaryl/α,β-unsaturated/α-hetero) is 1. The van der Waals surface area contributed by atoms with Crippen molar-refractivity contribution in [3.05, 3.63) is 71.8 Å². The molecule has 0 bridgehead atoms. The van der Waals surface area contributed by atoms with Crippen molar-refractivity contribution in [3.8, 4) is 0 Å². The Hall–Kier alpha value is -2.26. The summed E-state index contributed by atoms with van der Waals surface area (Å²) in [6.07, 6.45) is -1.08. The van der Waals surface area contributed by atoms with Crippen molar-refractivity contribution >= 4 is 12.6 Å². The smallest absolute Gasteiger partial charge is 0.195 e. The van der Waals surface area contributed by atoms with Crippen molar-refractivity contribution in [1.29, 1.82) is 0 Å². The highest BCUT2D eigenvalue weighted by molar-refractivity contribution is 5.99. The zero-order valence-electron chi connectivity index (χ0n) is 9.82. The van der Waals surface area contributed by atoms with Gasteiger partial charge in [-0.25, -0.2) is 0 Å². The maximum Gasteiger partial charge on any atom is 0.195 e. The molecule has 0 aromatic heterocycles. The molecule has 2 aromatic carbocycles. The largest absolute Gasteiger partial charge is 0.380 e. The van der Waals surface area contributed by atoms with Crippen LogP contribution in [0.15, 0.2) is 60.7 Å². The Labute approximate surface area is 106 Å². The summed E-state index contributed by atoms with van der Waals surface area (Å²) < 4.78 is 0. The summed E-state index contributed by atoms with van der Waals surface area (Å²) in [5, 5.41) is 9.89. The molecule has 0 radical (unpaired) electrons. The molecule has 0 aliphatic rings. The van der Waals surface area contributed by atoms with Gasteiger partial charge in [0.05, 0.1) is 0 Å². The van der Waals surface area contributed by atoms with Crippen LogP contribution in [0.2, 0.25) is 0 Å². The van der Waals surface area contributed by atoms with Gasteiger partial charge in [-0.1, -0.05) is 60.7 Å². The maximum absolute atomic E-state index is 11.9. The van der Waals surface area contributed by atoms with E-state index < -0.39 is 6.10 Å². The molecule has 2 rings (SSSR count). The average Bonchev–Trinajstić information content (AvgIpc) is 2.49. The van der Waals surface area contributed by atoms with E-state index in [1.165, 1.54) is 0 Å². The predicted octanol–water partition coefficient (Wildman–Crippen LogP) is 2.42. The third-order valence-corrected chi connectivity index (χ3v) is 2.42.